The first-order chi connectivity index (χ1) is 22.1. The van der Waals surface area contributed by atoms with Gasteiger partial charge in [0, 0.05) is 52.3 Å². The third-order valence-corrected chi connectivity index (χ3v) is 11.3. The number of rotatable bonds is 8. The van der Waals surface area contributed by atoms with Crippen LogP contribution in [0.25, 0.3) is 11.0 Å². The summed E-state index contributed by atoms with van der Waals surface area (Å²) in [5.74, 6) is 0.480. The van der Waals surface area contributed by atoms with Crippen molar-refractivity contribution >= 4 is 46.3 Å². The lowest BCUT2D eigenvalue weighted by Gasteiger charge is -2.55. The third kappa shape index (κ3) is 6.84. The highest BCUT2D eigenvalue weighted by atomic mass is 32.2. The molecule has 7 rings (SSSR count). The van der Waals surface area contributed by atoms with E-state index >= 15 is 0 Å². The lowest BCUT2D eigenvalue weighted by atomic mass is 9.60. The Morgan fingerprint density at radius 1 is 1.04 bits per heavy atom. The van der Waals surface area contributed by atoms with E-state index in [0.717, 1.165) is 60.6 Å². The number of likely N-dealkylation sites (tertiary alicyclic amines) is 1. The Morgan fingerprint density at radius 3 is 2.59 bits per heavy atom. The SMILES string of the molecule is Cc1ccc(SNC(=O)c2ccc(N3CCC4(CC3)CC(N3CCCC3)C4)cc2Oc2cnc3[nH]ccc3c2)cc1SC(F)(F)F. The molecule has 2 aromatic heterocycles. The highest BCUT2D eigenvalue weighted by molar-refractivity contribution is 8.00. The van der Waals surface area contributed by atoms with Crippen molar-refractivity contribution in [2.24, 2.45) is 5.41 Å². The molecule has 12 heteroatoms. The van der Waals surface area contributed by atoms with Gasteiger partial charge in [0.2, 0.25) is 0 Å². The summed E-state index contributed by atoms with van der Waals surface area (Å²) in [6.07, 6.45) is 11.0. The number of benzene rings is 2. The van der Waals surface area contributed by atoms with Gasteiger partial charge < -0.3 is 19.5 Å². The van der Waals surface area contributed by atoms with Gasteiger partial charge in [0.1, 0.15) is 17.1 Å². The summed E-state index contributed by atoms with van der Waals surface area (Å²) in [5.41, 5.74) is -1.37. The van der Waals surface area contributed by atoms with Gasteiger partial charge in [-0.3, -0.25) is 9.52 Å². The molecule has 2 aromatic carbocycles. The van der Waals surface area contributed by atoms with Crippen LogP contribution >= 0.6 is 23.7 Å². The van der Waals surface area contributed by atoms with Gasteiger partial charge in [-0.1, -0.05) is 6.07 Å². The monoisotopic (exact) mass is 667 g/mol. The fourth-order valence-electron chi connectivity index (χ4n) is 7.07. The molecule has 1 saturated carbocycles. The summed E-state index contributed by atoms with van der Waals surface area (Å²) >= 11 is 0.816. The standard InChI is InChI=1S/C34H36F3N5O2S2/c1-22-4-6-27(18-30(22)45-34(35,36)37)46-40-32(43)28-7-5-24(17-29(28)44-26-16-23-8-11-38-31(23)39-21-26)42-14-9-33(10-15-42)19-25(20-33)41-12-2-3-13-41/h4-8,11,16-18,21,25H,2-3,9-10,12-15,19-20H2,1H3,(H,38,39)(H,40,43). The number of halogens is 3. The Kier molecular flexibility index (Phi) is 8.62. The average molecular weight is 668 g/mol. The highest BCUT2D eigenvalue weighted by Gasteiger charge is 2.48. The van der Waals surface area contributed by atoms with E-state index in [0.29, 0.717) is 32.9 Å². The van der Waals surface area contributed by atoms with Crippen molar-refractivity contribution in [3.05, 3.63) is 72.1 Å². The van der Waals surface area contributed by atoms with Crippen LogP contribution in [-0.4, -0.2) is 58.5 Å². The number of aromatic nitrogens is 2. The molecule has 0 unspecified atom stereocenters. The summed E-state index contributed by atoms with van der Waals surface area (Å²) in [6.45, 7) is 6.05. The number of aryl methyl sites for hydroxylation is 1. The Morgan fingerprint density at radius 2 is 1.83 bits per heavy atom. The van der Waals surface area contributed by atoms with Gasteiger partial charge >= 0.3 is 5.51 Å². The predicted octanol–water partition coefficient (Wildman–Crippen LogP) is 8.56. The quantitative estimate of drug-likeness (QED) is 0.144. The second kappa shape index (κ2) is 12.7. The number of thioether (sulfide) groups is 1. The maximum atomic E-state index is 13.5. The minimum absolute atomic E-state index is 0.101. The van der Waals surface area contributed by atoms with Crippen molar-refractivity contribution in [2.45, 2.75) is 66.8 Å². The molecule has 3 fully saturated rings. The van der Waals surface area contributed by atoms with E-state index < -0.39 is 11.4 Å². The van der Waals surface area contributed by atoms with Crippen LogP contribution in [0.4, 0.5) is 18.9 Å². The number of hydrogen-bond donors (Lipinski definition) is 2. The first kappa shape index (κ1) is 31.3. The Bertz CT molecular complexity index is 1720. The average Bonchev–Trinajstić information content (AvgIpc) is 3.72. The summed E-state index contributed by atoms with van der Waals surface area (Å²) in [5, 5.41) is 0.885. The predicted molar refractivity (Wildman–Crippen MR) is 177 cm³/mol. The van der Waals surface area contributed by atoms with Crippen LogP contribution < -0.4 is 14.4 Å². The van der Waals surface area contributed by atoms with Crippen LogP contribution in [0.15, 0.2) is 70.7 Å². The van der Waals surface area contributed by atoms with Gasteiger partial charge in [-0.2, -0.15) is 13.2 Å². The first-order valence-electron chi connectivity index (χ1n) is 15.7. The molecule has 2 saturated heterocycles. The minimum atomic E-state index is -4.40. The van der Waals surface area contributed by atoms with Crippen LogP contribution in [0, 0.1) is 12.3 Å². The fraction of sp³-hybridized carbons (Fsp3) is 0.412. The molecule has 2 N–H and O–H groups in total. The third-order valence-electron chi connectivity index (χ3n) is 9.64. The number of piperidine rings is 1. The number of alkyl halides is 3. The van der Waals surface area contributed by atoms with Crippen LogP contribution in [0.2, 0.25) is 0 Å². The van der Waals surface area contributed by atoms with Crippen LogP contribution in [0.5, 0.6) is 11.5 Å². The largest absolute Gasteiger partial charge is 0.455 e. The number of pyridine rings is 1. The number of H-pyrrole nitrogens is 1. The van der Waals surface area contributed by atoms with Crippen molar-refractivity contribution in [2.75, 3.05) is 31.1 Å². The maximum absolute atomic E-state index is 13.5. The van der Waals surface area contributed by atoms with E-state index in [2.05, 4.69) is 24.5 Å². The summed E-state index contributed by atoms with van der Waals surface area (Å²) in [4.78, 5) is 26.7. The zero-order valence-corrected chi connectivity index (χ0v) is 27.2. The lowest BCUT2D eigenvalue weighted by molar-refractivity contribution is -0.0328. The Hall–Kier alpha value is -3.35. The van der Waals surface area contributed by atoms with Crippen LogP contribution in [0.3, 0.4) is 0 Å². The van der Waals surface area contributed by atoms with Crippen LogP contribution in [0.1, 0.15) is 54.4 Å². The van der Waals surface area contributed by atoms with E-state index in [1.807, 2.05) is 24.3 Å². The number of fused-ring (bicyclic) bond motifs is 1. The number of carbonyl (C=O) groups is 1. The number of amides is 1. The van der Waals surface area contributed by atoms with Crippen molar-refractivity contribution < 1.29 is 22.7 Å². The molecular formula is C34H36F3N5O2S2. The number of nitrogens with zero attached hydrogens (tertiary/aromatic N) is 3. The molecule has 4 aromatic rings. The molecule has 1 amide bonds. The summed E-state index contributed by atoms with van der Waals surface area (Å²) in [7, 11) is 0. The lowest BCUT2D eigenvalue weighted by Crippen LogP contribution is -2.54. The highest BCUT2D eigenvalue weighted by Crippen LogP contribution is 2.52. The second-order valence-corrected chi connectivity index (χ2v) is 14.7. The minimum Gasteiger partial charge on any atom is -0.455 e. The summed E-state index contributed by atoms with van der Waals surface area (Å²) in [6, 6.07) is 14.9. The number of aromatic amines is 1. The van der Waals surface area contributed by atoms with Crippen molar-refractivity contribution in [1.82, 2.24) is 19.6 Å². The molecule has 4 heterocycles. The number of carbonyl (C=O) groups excluding carboxylic acids is 1. The van der Waals surface area contributed by atoms with Crippen molar-refractivity contribution in [3.8, 4) is 11.5 Å². The topological polar surface area (TPSA) is 73.5 Å². The van der Waals surface area contributed by atoms with Gasteiger partial charge in [-0.05, 0) is 130 Å². The fourth-order valence-corrected chi connectivity index (χ4v) is 8.45. The summed E-state index contributed by atoms with van der Waals surface area (Å²) < 4.78 is 48.2. The first-order valence-corrected chi connectivity index (χ1v) is 17.3. The van der Waals surface area contributed by atoms with Crippen LogP contribution in [-0.2, 0) is 0 Å². The molecule has 242 valence electrons. The molecule has 0 atom stereocenters. The van der Waals surface area contributed by atoms with Gasteiger partial charge in [0.25, 0.3) is 5.91 Å². The van der Waals surface area contributed by atoms with E-state index in [1.54, 1.807) is 37.5 Å². The van der Waals surface area contributed by atoms with Crippen molar-refractivity contribution in [3.63, 3.8) is 0 Å². The zero-order valence-electron chi connectivity index (χ0n) is 25.5. The van der Waals surface area contributed by atoms with Gasteiger partial charge in [0.05, 0.1) is 11.8 Å². The van der Waals surface area contributed by atoms with Gasteiger partial charge in [-0.15, -0.1) is 0 Å². The Labute approximate surface area is 274 Å². The smallest absolute Gasteiger partial charge is 0.446 e. The molecule has 0 bridgehead atoms. The molecule has 46 heavy (non-hydrogen) atoms. The normalized spacial score (nSPS) is 18.7. The molecule has 1 aliphatic carbocycles. The number of ether oxygens (including phenoxy) is 1. The van der Waals surface area contributed by atoms with E-state index in [4.69, 9.17) is 4.74 Å². The molecular weight excluding hydrogens is 632 g/mol. The number of nitrogens with one attached hydrogen (secondary N) is 2. The number of anilines is 1. The number of hydrogen-bond acceptors (Lipinski definition) is 7. The van der Waals surface area contributed by atoms with Gasteiger partial charge in [0.15, 0.2) is 0 Å². The zero-order chi connectivity index (χ0) is 31.9. The molecule has 3 aliphatic rings. The van der Waals surface area contributed by atoms with E-state index in [9.17, 15) is 18.0 Å². The van der Waals surface area contributed by atoms with E-state index in [1.165, 1.54) is 44.8 Å². The maximum Gasteiger partial charge on any atom is 0.446 e. The van der Waals surface area contributed by atoms with E-state index in [-0.39, 0.29) is 16.7 Å². The molecule has 0 radical (unpaired) electrons. The molecule has 2 aliphatic heterocycles. The molecule has 1 spiro atoms. The Balaban J connectivity index is 1.07. The second-order valence-electron chi connectivity index (χ2n) is 12.7. The molecule has 7 nitrogen and oxygen atoms in total. The van der Waals surface area contributed by atoms with Gasteiger partial charge in [-0.25, -0.2) is 4.98 Å². The van der Waals surface area contributed by atoms with Crippen molar-refractivity contribution in [1.29, 1.82) is 0 Å².